The highest BCUT2D eigenvalue weighted by molar-refractivity contribution is 5.92. The highest BCUT2D eigenvalue weighted by Crippen LogP contribution is 2.31. The minimum atomic E-state index is 0.0101. The Morgan fingerprint density at radius 2 is 1.65 bits per heavy atom. The first-order valence-corrected chi connectivity index (χ1v) is 10.5. The SMILES string of the molecule is Cc1nc2ccccc2nc1N1CCN(C(=O)/C=C\c2ccc3c(c2)OCCO3)CC1. The van der Waals surface area contributed by atoms with Gasteiger partial charge in [-0.3, -0.25) is 4.79 Å². The first-order valence-electron chi connectivity index (χ1n) is 10.5. The van der Waals surface area contributed by atoms with E-state index in [0.717, 1.165) is 52.7 Å². The van der Waals surface area contributed by atoms with Crippen molar-refractivity contribution in [2.45, 2.75) is 6.92 Å². The van der Waals surface area contributed by atoms with Crippen LogP contribution >= 0.6 is 0 Å². The largest absolute Gasteiger partial charge is 0.486 e. The molecule has 158 valence electrons. The molecule has 0 radical (unpaired) electrons. The number of carbonyl (C=O) groups is 1. The summed E-state index contributed by atoms with van der Waals surface area (Å²) >= 11 is 0. The number of carbonyl (C=O) groups excluding carboxylic acids is 1. The summed E-state index contributed by atoms with van der Waals surface area (Å²) in [6, 6.07) is 13.6. The molecule has 5 rings (SSSR count). The van der Waals surface area contributed by atoms with Crippen molar-refractivity contribution in [1.82, 2.24) is 14.9 Å². The Bertz CT molecular complexity index is 1150. The molecule has 31 heavy (non-hydrogen) atoms. The van der Waals surface area contributed by atoms with Gasteiger partial charge in [0.05, 0.1) is 16.7 Å². The van der Waals surface area contributed by atoms with Crippen LogP contribution in [0.3, 0.4) is 0 Å². The van der Waals surface area contributed by atoms with Gasteiger partial charge < -0.3 is 19.3 Å². The van der Waals surface area contributed by atoms with E-state index in [9.17, 15) is 4.79 Å². The lowest BCUT2D eigenvalue weighted by atomic mass is 10.1. The first kappa shape index (κ1) is 19.4. The van der Waals surface area contributed by atoms with Crippen LogP contribution in [-0.2, 0) is 4.79 Å². The van der Waals surface area contributed by atoms with Gasteiger partial charge in [0.2, 0.25) is 5.91 Å². The highest BCUT2D eigenvalue weighted by Gasteiger charge is 2.22. The molecule has 0 aliphatic carbocycles. The molecular formula is C24H24N4O3. The number of anilines is 1. The van der Waals surface area contributed by atoms with E-state index in [2.05, 4.69) is 9.88 Å². The van der Waals surface area contributed by atoms with Gasteiger partial charge in [-0.05, 0) is 42.8 Å². The molecule has 0 bridgehead atoms. The maximum atomic E-state index is 12.7. The van der Waals surface area contributed by atoms with Crippen molar-refractivity contribution in [3.8, 4) is 11.5 Å². The number of rotatable bonds is 3. The second-order valence-corrected chi connectivity index (χ2v) is 7.67. The second kappa shape index (κ2) is 8.26. The fourth-order valence-corrected chi connectivity index (χ4v) is 3.95. The molecule has 3 heterocycles. The van der Waals surface area contributed by atoms with Crippen LogP contribution in [0, 0.1) is 6.92 Å². The van der Waals surface area contributed by atoms with E-state index in [1.807, 2.05) is 60.4 Å². The Morgan fingerprint density at radius 3 is 2.42 bits per heavy atom. The van der Waals surface area contributed by atoms with Crippen LogP contribution in [0.5, 0.6) is 11.5 Å². The van der Waals surface area contributed by atoms with Gasteiger partial charge in [-0.15, -0.1) is 0 Å². The van der Waals surface area contributed by atoms with Crippen LogP contribution in [0.15, 0.2) is 48.5 Å². The molecule has 1 saturated heterocycles. The maximum absolute atomic E-state index is 12.7. The van der Waals surface area contributed by atoms with E-state index in [1.165, 1.54) is 0 Å². The van der Waals surface area contributed by atoms with Crippen molar-refractivity contribution in [2.24, 2.45) is 0 Å². The number of hydrogen-bond acceptors (Lipinski definition) is 6. The first-order chi connectivity index (χ1) is 15.2. The Hall–Kier alpha value is -3.61. The number of hydrogen-bond donors (Lipinski definition) is 0. The van der Waals surface area contributed by atoms with Crippen molar-refractivity contribution in [1.29, 1.82) is 0 Å². The van der Waals surface area contributed by atoms with E-state index < -0.39 is 0 Å². The molecule has 2 aliphatic heterocycles. The molecule has 0 saturated carbocycles. The summed E-state index contributed by atoms with van der Waals surface area (Å²) in [5.41, 5.74) is 3.63. The molecule has 0 spiro atoms. The molecule has 0 unspecified atom stereocenters. The second-order valence-electron chi connectivity index (χ2n) is 7.67. The molecule has 1 fully saturated rings. The molecule has 2 aliphatic rings. The van der Waals surface area contributed by atoms with E-state index in [0.29, 0.717) is 26.3 Å². The standard InChI is InChI=1S/C24H24N4O3/c1-17-24(26-20-5-3-2-4-19(20)25-17)28-12-10-27(11-13-28)23(29)9-7-18-6-8-21-22(16-18)31-15-14-30-21/h2-9,16H,10-15H2,1H3/b9-7-. The average molecular weight is 416 g/mol. The molecule has 1 aromatic heterocycles. The number of fused-ring (bicyclic) bond motifs is 2. The number of aromatic nitrogens is 2. The Balaban J connectivity index is 1.23. The van der Waals surface area contributed by atoms with Gasteiger partial charge in [0.15, 0.2) is 17.3 Å². The zero-order chi connectivity index (χ0) is 21.2. The smallest absolute Gasteiger partial charge is 0.246 e. The van der Waals surface area contributed by atoms with Crippen molar-refractivity contribution < 1.29 is 14.3 Å². The van der Waals surface area contributed by atoms with E-state index in [4.69, 9.17) is 14.5 Å². The molecule has 0 atom stereocenters. The van der Waals surface area contributed by atoms with Crippen LogP contribution in [0.2, 0.25) is 0 Å². The predicted molar refractivity (Wildman–Crippen MR) is 120 cm³/mol. The topological polar surface area (TPSA) is 67.8 Å². The van der Waals surface area contributed by atoms with Gasteiger partial charge in [0.1, 0.15) is 13.2 Å². The summed E-state index contributed by atoms with van der Waals surface area (Å²) in [5, 5.41) is 0. The Kier molecular flexibility index (Phi) is 5.16. The number of aryl methyl sites for hydroxylation is 1. The van der Waals surface area contributed by atoms with Crippen LogP contribution in [0.25, 0.3) is 17.1 Å². The summed E-state index contributed by atoms with van der Waals surface area (Å²) in [5.74, 6) is 2.38. The molecule has 7 nitrogen and oxygen atoms in total. The third-order valence-corrected chi connectivity index (χ3v) is 5.60. The van der Waals surface area contributed by atoms with Crippen molar-refractivity contribution in [2.75, 3.05) is 44.3 Å². The van der Waals surface area contributed by atoms with Crippen LogP contribution in [0.4, 0.5) is 5.82 Å². The summed E-state index contributed by atoms with van der Waals surface area (Å²) in [6.07, 6.45) is 3.45. The molecule has 0 N–H and O–H groups in total. The van der Waals surface area contributed by atoms with Gasteiger partial charge >= 0.3 is 0 Å². The lowest BCUT2D eigenvalue weighted by Gasteiger charge is -2.35. The zero-order valence-corrected chi connectivity index (χ0v) is 17.5. The normalized spacial score (nSPS) is 16.2. The summed E-state index contributed by atoms with van der Waals surface area (Å²) in [6.45, 7) is 5.87. The monoisotopic (exact) mass is 416 g/mol. The van der Waals surface area contributed by atoms with Gasteiger partial charge in [-0.1, -0.05) is 18.2 Å². The molecule has 2 aromatic carbocycles. The lowest BCUT2D eigenvalue weighted by Crippen LogP contribution is -2.48. The minimum absolute atomic E-state index is 0.0101. The summed E-state index contributed by atoms with van der Waals surface area (Å²) < 4.78 is 11.1. The highest BCUT2D eigenvalue weighted by atomic mass is 16.6. The van der Waals surface area contributed by atoms with Crippen molar-refractivity contribution in [3.05, 3.63) is 59.8 Å². The minimum Gasteiger partial charge on any atom is -0.486 e. The van der Waals surface area contributed by atoms with E-state index >= 15 is 0 Å². The number of benzene rings is 2. The molecule has 1 amide bonds. The summed E-state index contributed by atoms with van der Waals surface area (Å²) in [7, 11) is 0. The maximum Gasteiger partial charge on any atom is 0.246 e. The number of para-hydroxylation sites is 2. The predicted octanol–water partition coefficient (Wildman–Crippen LogP) is 3.07. The van der Waals surface area contributed by atoms with Gasteiger partial charge in [-0.2, -0.15) is 0 Å². The molecule has 3 aromatic rings. The average Bonchev–Trinajstić information content (AvgIpc) is 2.82. The number of amides is 1. The zero-order valence-electron chi connectivity index (χ0n) is 17.5. The molecule has 7 heteroatoms. The third-order valence-electron chi connectivity index (χ3n) is 5.60. The van der Waals surface area contributed by atoms with Gasteiger partial charge in [0, 0.05) is 32.3 Å². The Labute approximate surface area is 180 Å². The van der Waals surface area contributed by atoms with Crippen LogP contribution in [-0.4, -0.2) is 60.2 Å². The fourth-order valence-electron chi connectivity index (χ4n) is 3.95. The van der Waals surface area contributed by atoms with Crippen LogP contribution < -0.4 is 14.4 Å². The lowest BCUT2D eigenvalue weighted by molar-refractivity contribution is -0.126. The van der Waals surface area contributed by atoms with Crippen LogP contribution in [0.1, 0.15) is 11.3 Å². The van der Waals surface area contributed by atoms with Gasteiger partial charge in [-0.25, -0.2) is 9.97 Å². The van der Waals surface area contributed by atoms with Gasteiger partial charge in [0.25, 0.3) is 0 Å². The van der Waals surface area contributed by atoms with E-state index in [-0.39, 0.29) is 5.91 Å². The Morgan fingerprint density at radius 1 is 0.935 bits per heavy atom. The van der Waals surface area contributed by atoms with Crippen molar-refractivity contribution in [3.63, 3.8) is 0 Å². The third kappa shape index (κ3) is 4.03. The van der Waals surface area contributed by atoms with Crippen molar-refractivity contribution >= 4 is 28.8 Å². The number of piperazine rings is 1. The summed E-state index contributed by atoms with van der Waals surface area (Å²) in [4.78, 5) is 26.2. The van der Waals surface area contributed by atoms with E-state index in [1.54, 1.807) is 6.08 Å². The quantitative estimate of drug-likeness (QED) is 0.612. The molecular weight excluding hydrogens is 392 g/mol. The number of ether oxygens (including phenoxy) is 2. The fraction of sp³-hybridized carbons (Fsp3) is 0.292. The number of nitrogens with zero attached hydrogens (tertiary/aromatic N) is 4.